The molecular weight excluding hydrogens is 456 g/mol. The van der Waals surface area contributed by atoms with Crippen molar-refractivity contribution in [1.29, 1.82) is 0 Å². The Hall–Kier alpha value is -2.01. The first-order valence-corrected chi connectivity index (χ1v) is 11.7. The normalized spacial score (nSPS) is 16.9. The summed E-state index contributed by atoms with van der Waals surface area (Å²) < 4.78 is 32.6. The smallest absolute Gasteiger partial charge is 0.216 e. The van der Waals surface area contributed by atoms with E-state index in [1.807, 2.05) is 9.68 Å². The molecule has 1 aliphatic rings. The molecule has 0 amide bonds. The Morgan fingerprint density at radius 3 is 2.64 bits per heavy atom. The van der Waals surface area contributed by atoms with E-state index in [1.54, 1.807) is 13.3 Å². The van der Waals surface area contributed by atoms with Gasteiger partial charge in [0.2, 0.25) is 11.7 Å². The first kappa shape index (κ1) is 20.7. The van der Waals surface area contributed by atoms with Crippen LogP contribution >= 0.6 is 23.2 Å². The zero-order valence-corrected chi connectivity index (χ0v) is 17.7. The summed E-state index contributed by atoms with van der Waals surface area (Å²) in [6, 6.07) is 4.24. The number of nitrogens with one attached hydrogen (secondary N) is 2. The third-order valence-corrected chi connectivity index (χ3v) is 6.57. The van der Waals surface area contributed by atoms with Crippen LogP contribution in [-0.4, -0.2) is 70.5 Å². The number of hydrogen-bond acceptors (Lipinski definition) is 8. The van der Waals surface area contributed by atoms with Crippen LogP contribution in [0.25, 0.3) is 0 Å². The standard InChI is InChI=1S/C15H20BrFN7O3P/c1-28(2,26)24-7-5-23(6-8-24)19-15-13(21-27-22-15)14(20-25)18-10-3-4-12(17)11(16)9-10/h3-4,9,25H,5-8H2,1-2H3,(H,18,20)(H,19,22). The van der Waals surface area contributed by atoms with Crippen LogP contribution in [0.3, 0.4) is 0 Å². The van der Waals surface area contributed by atoms with Crippen LogP contribution in [0.15, 0.2) is 32.5 Å². The van der Waals surface area contributed by atoms with Gasteiger partial charge in [-0.25, -0.2) is 14.0 Å². The number of oxime groups is 1. The number of aromatic nitrogens is 2. The molecule has 13 heteroatoms. The molecule has 0 spiro atoms. The summed E-state index contributed by atoms with van der Waals surface area (Å²) in [4.78, 5) is 0. The molecule has 0 atom stereocenters. The van der Waals surface area contributed by atoms with Gasteiger partial charge in [0.15, 0.2) is 5.69 Å². The average molecular weight is 476 g/mol. The molecule has 1 aliphatic heterocycles. The monoisotopic (exact) mass is 475 g/mol. The molecule has 0 saturated carbocycles. The fourth-order valence-corrected chi connectivity index (χ4v) is 4.22. The van der Waals surface area contributed by atoms with Gasteiger partial charge in [0.05, 0.1) is 4.47 Å². The van der Waals surface area contributed by atoms with Crippen LogP contribution in [0.2, 0.25) is 0 Å². The molecule has 1 saturated heterocycles. The summed E-state index contributed by atoms with van der Waals surface area (Å²) >= 11 is 3.10. The van der Waals surface area contributed by atoms with Crippen molar-refractivity contribution in [1.82, 2.24) is 20.0 Å². The van der Waals surface area contributed by atoms with Crippen molar-refractivity contribution in [3.05, 3.63) is 34.2 Å². The lowest BCUT2D eigenvalue weighted by Crippen LogP contribution is -2.47. The predicted molar refractivity (Wildman–Crippen MR) is 107 cm³/mol. The molecule has 0 radical (unpaired) electrons. The molecule has 0 bridgehead atoms. The van der Waals surface area contributed by atoms with E-state index in [-0.39, 0.29) is 21.8 Å². The van der Waals surface area contributed by atoms with E-state index < -0.39 is 13.1 Å². The highest BCUT2D eigenvalue weighted by Crippen LogP contribution is 2.41. The van der Waals surface area contributed by atoms with Crippen LogP contribution in [0, 0.1) is 5.82 Å². The van der Waals surface area contributed by atoms with Gasteiger partial charge in [-0.1, -0.05) is 5.16 Å². The summed E-state index contributed by atoms with van der Waals surface area (Å²) in [6.45, 7) is 6.00. The summed E-state index contributed by atoms with van der Waals surface area (Å²) in [5.41, 5.74) is 3.70. The van der Waals surface area contributed by atoms with Gasteiger partial charge >= 0.3 is 0 Å². The van der Waals surface area contributed by atoms with Crippen LogP contribution in [0.5, 0.6) is 0 Å². The molecule has 2 aromatic rings. The fraction of sp³-hybridized carbons (Fsp3) is 0.400. The van der Waals surface area contributed by atoms with Crippen molar-refractivity contribution < 1.29 is 18.8 Å². The van der Waals surface area contributed by atoms with E-state index in [9.17, 15) is 14.2 Å². The van der Waals surface area contributed by atoms with Gasteiger partial charge in [-0.05, 0) is 44.4 Å². The van der Waals surface area contributed by atoms with Crippen LogP contribution < -0.4 is 10.7 Å². The maximum atomic E-state index is 13.4. The van der Waals surface area contributed by atoms with Crippen LogP contribution in [0.1, 0.15) is 5.69 Å². The van der Waals surface area contributed by atoms with E-state index in [1.165, 1.54) is 18.2 Å². The Morgan fingerprint density at radius 1 is 1.32 bits per heavy atom. The first-order valence-electron chi connectivity index (χ1n) is 8.37. The second-order valence-electron chi connectivity index (χ2n) is 6.51. The second kappa shape index (κ2) is 8.56. The Morgan fingerprint density at radius 2 is 2.04 bits per heavy atom. The maximum Gasteiger partial charge on any atom is 0.216 e. The van der Waals surface area contributed by atoms with Gasteiger partial charge in [0, 0.05) is 45.2 Å². The Bertz CT molecular complexity index is 911. The highest BCUT2D eigenvalue weighted by molar-refractivity contribution is 9.10. The second-order valence-corrected chi connectivity index (χ2v) is 10.5. The Kier molecular flexibility index (Phi) is 6.33. The molecule has 0 aliphatic carbocycles. The Labute approximate surface area is 169 Å². The average Bonchev–Trinajstić information content (AvgIpc) is 3.10. The summed E-state index contributed by atoms with van der Waals surface area (Å²) in [5.74, 6) is -0.181. The van der Waals surface area contributed by atoms with Crippen LogP contribution in [0.4, 0.5) is 15.9 Å². The van der Waals surface area contributed by atoms with Crippen LogP contribution in [-0.2, 0) is 4.57 Å². The van der Waals surface area contributed by atoms with Gasteiger partial charge in [-0.2, -0.15) is 0 Å². The van der Waals surface area contributed by atoms with E-state index in [0.717, 1.165) is 0 Å². The number of anilines is 2. The predicted octanol–water partition coefficient (Wildman–Crippen LogP) is 2.70. The van der Waals surface area contributed by atoms with E-state index in [2.05, 4.69) is 42.1 Å². The van der Waals surface area contributed by atoms with Gasteiger partial charge in [-0.15, -0.1) is 0 Å². The quantitative estimate of drug-likeness (QED) is 0.197. The van der Waals surface area contributed by atoms with Gasteiger partial charge in [-0.3, -0.25) is 10.1 Å². The topological polar surface area (TPSA) is 119 Å². The van der Waals surface area contributed by atoms with Crippen molar-refractivity contribution in [2.24, 2.45) is 5.16 Å². The number of benzene rings is 1. The number of halogens is 2. The highest BCUT2D eigenvalue weighted by Gasteiger charge is 2.27. The highest BCUT2D eigenvalue weighted by atomic mass is 79.9. The van der Waals surface area contributed by atoms with Gasteiger partial charge in [0.25, 0.3) is 0 Å². The minimum atomic E-state index is -2.28. The minimum absolute atomic E-state index is 0.0208. The van der Waals surface area contributed by atoms with Crippen molar-refractivity contribution >= 4 is 40.6 Å². The molecule has 152 valence electrons. The lowest BCUT2D eigenvalue weighted by Gasteiger charge is -2.36. The third kappa shape index (κ3) is 4.88. The zero-order chi connectivity index (χ0) is 20.3. The van der Waals surface area contributed by atoms with Crippen molar-refractivity contribution in [2.45, 2.75) is 0 Å². The molecule has 3 rings (SSSR count). The number of rotatable bonds is 5. The number of hydrogen-bond donors (Lipinski definition) is 3. The van der Waals surface area contributed by atoms with Gasteiger partial charge in [0.1, 0.15) is 13.1 Å². The number of piperazine rings is 1. The fourth-order valence-electron chi connectivity index (χ4n) is 2.70. The molecule has 0 unspecified atom stereocenters. The van der Waals surface area contributed by atoms with Crippen molar-refractivity contribution in [3.8, 4) is 0 Å². The number of hydrazine groups is 1. The van der Waals surface area contributed by atoms with Crippen molar-refractivity contribution in [2.75, 3.05) is 50.3 Å². The Balaban J connectivity index is 1.68. The summed E-state index contributed by atoms with van der Waals surface area (Å²) in [5, 5.41) is 24.9. The molecule has 1 aromatic carbocycles. The third-order valence-electron chi connectivity index (χ3n) is 4.20. The molecule has 2 heterocycles. The number of nitrogens with zero attached hydrogens (tertiary/aromatic N) is 5. The molecule has 10 nitrogen and oxygen atoms in total. The first-order chi connectivity index (χ1) is 13.3. The lowest BCUT2D eigenvalue weighted by molar-refractivity contribution is 0.217. The molecule has 1 aromatic heterocycles. The minimum Gasteiger partial charge on any atom is -0.409 e. The summed E-state index contributed by atoms with van der Waals surface area (Å²) in [6.07, 6.45) is 0. The maximum absolute atomic E-state index is 13.4. The number of amidine groups is 1. The molecule has 3 N–H and O–H groups in total. The largest absolute Gasteiger partial charge is 0.409 e. The van der Waals surface area contributed by atoms with E-state index in [0.29, 0.717) is 31.9 Å². The van der Waals surface area contributed by atoms with E-state index >= 15 is 0 Å². The SMILES string of the molecule is CP(C)(=O)N1CCN(Nc2nonc2C(=NO)Nc2ccc(F)c(Br)c2)CC1. The molecular formula is C15H20BrFN7O3P. The lowest BCUT2D eigenvalue weighted by atomic mass is 10.3. The van der Waals surface area contributed by atoms with Crippen molar-refractivity contribution in [3.63, 3.8) is 0 Å². The van der Waals surface area contributed by atoms with Gasteiger partial charge < -0.3 is 15.1 Å². The zero-order valence-electron chi connectivity index (χ0n) is 15.3. The molecule has 28 heavy (non-hydrogen) atoms. The van der Waals surface area contributed by atoms with E-state index in [4.69, 9.17) is 4.63 Å². The molecule has 1 fully saturated rings. The summed E-state index contributed by atoms with van der Waals surface area (Å²) in [7, 11) is -2.28.